The highest BCUT2D eigenvalue weighted by Crippen LogP contribution is 2.18. The molecule has 0 bridgehead atoms. The zero-order valence-electron chi connectivity index (χ0n) is 10.2. The molecule has 1 rings (SSSR count). The van der Waals surface area contributed by atoms with Gasteiger partial charge < -0.3 is 5.73 Å². The zero-order valence-corrected chi connectivity index (χ0v) is 12.7. The zero-order chi connectivity index (χ0) is 12.3. The van der Waals surface area contributed by atoms with Gasteiger partial charge in [0.2, 0.25) is 0 Å². The fraction of sp³-hybridized carbons (Fsp3) is 0.333. The van der Waals surface area contributed by atoms with E-state index in [1.165, 1.54) is 0 Å². The second-order valence-corrected chi connectivity index (χ2v) is 4.87. The Balaban J connectivity index is 0.00000256. The molecule has 1 aromatic carbocycles. The molecule has 0 saturated carbocycles. The third-order valence-electron chi connectivity index (χ3n) is 2.31. The molecule has 0 unspecified atom stereocenters. The number of rotatable bonds is 3. The van der Waals surface area contributed by atoms with Gasteiger partial charge in [-0.3, -0.25) is 10.2 Å². The summed E-state index contributed by atoms with van der Waals surface area (Å²) in [7, 11) is 0. The lowest BCUT2D eigenvalue weighted by Crippen LogP contribution is -2.12. The van der Waals surface area contributed by atoms with Gasteiger partial charge in [0.15, 0.2) is 11.0 Å². The summed E-state index contributed by atoms with van der Waals surface area (Å²) in [5.41, 5.74) is 9.12. The minimum atomic E-state index is -0.0178. The summed E-state index contributed by atoms with van der Waals surface area (Å²) in [6, 6.07) is 4.00. The molecule has 0 atom stereocenters. The average molecular weight is 317 g/mol. The third kappa shape index (κ3) is 4.52. The van der Waals surface area contributed by atoms with Gasteiger partial charge in [0, 0.05) is 5.56 Å². The number of aryl methyl sites for hydroxylation is 3. The SMILES string of the molecule is Br.Cc1cc(C)c(C(=O)CSC(=N)N)c(C)c1. The minimum Gasteiger partial charge on any atom is -0.379 e. The smallest absolute Gasteiger partial charge is 0.173 e. The lowest BCUT2D eigenvalue weighted by atomic mass is 9.97. The number of Topliss-reactive ketones (excluding diaryl/α,β-unsaturated/α-hetero) is 1. The summed E-state index contributed by atoms with van der Waals surface area (Å²) in [6.45, 7) is 5.88. The Morgan fingerprint density at radius 2 is 1.76 bits per heavy atom. The number of nitrogens with one attached hydrogen (secondary N) is 1. The number of carbonyl (C=O) groups is 1. The van der Waals surface area contributed by atoms with Crippen molar-refractivity contribution >= 4 is 39.7 Å². The molecule has 0 radical (unpaired) electrons. The van der Waals surface area contributed by atoms with Crippen LogP contribution in [0, 0.1) is 26.2 Å². The second-order valence-electron chi connectivity index (χ2n) is 3.85. The van der Waals surface area contributed by atoms with E-state index in [2.05, 4.69) is 0 Å². The van der Waals surface area contributed by atoms with Crippen LogP contribution in [-0.2, 0) is 0 Å². The topological polar surface area (TPSA) is 66.9 Å². The first-order chi connectivity index (χ1) is 7.41. The molecule has 0 aliphatic heterocycles. The number of carbonyl (C=O) groups excluding carboxylic acids is 1. The van der Waals surface area contributed by atoms with Crippen molar-refractivity contribution in [1.82, 2.24) is 0 Å². The molecular formula is C12H17BrN2OS. The van der Waals surface area contributed by atoms with Gasteiger partial charge in [-0.1, -0.05) is 29.5 Å². The molecule has 0 amide bonds. The summed E-state index contributed by atoms with van der Waals surface area (Å²) >= 11 is 1.07. The number of halogens is 1. The molecule has 0 saturated heterocycles. The van der Waals surface area contributed by atoms with Gasteiger partial charge in [-0.05, 0) is 31.9 Å². The van der Waals surface area contributed by atoms with Gasteiger partial charge in [0.05, 0.1) is 5.75 Å². The maximum atomic E-state index is 11.9. The van der Waals surface area contributed by atoms with Crippen molar-refractivity contribution in [3.05, 3.63) is 34.4 Å². The van der Waals surface area contributed by atoms with E-state index >= 15 is 0 Å². The fourth-order valence-electron chi connectivity index (χ4n) is 1.84. The van der Waals surface area contributed by atoms with Crippen molar-refractivity contribution in [2.75, 3.05) is 5.75 Å². The van der Waals surface area contributed by atoms with Crippen LogP contribution in [0.25, 0.3) is 0 Å². The van der Waals surface area contributed by atoms with Gasteiger partial charge in [0.25, 0.3) is 0 Å². The van der Waals surface area contributed by atoms with Crippen LogP contribution in [0.1, 0.15) is 27.0 Å². The van der Waals surface area contributed by atoms with Crippen LogP contribution in [0.4, 0.5) is 0 Å². The number of amidine groups is 1. The van der Waals surface area contributed by atoms with Crippen molar-refractivity contribution in [3.63, 3.8) is 0 Å². The van der Waals surface area contributed by atoms with E-state index in [1.54, 1.807) is 0 Å². The van der Waals surface area contributed by atoms with E-state index in [1.807, 2.05) is 32.9 Å². The molecule has 0 aliphatic carbocycles. The van der Waals surface area contributed by atoms with Crippen LogP contribution < -0.4 is 5.73 Å². The first-order valence-corrected chi connectivity index (χ1v) is 5.98. The fourth-order valence-corrected chi connectivity index (χ4v) is 2.27. The maximum absolute atomic E-state index is 11.9. The number of hydrogen-bond acceptors (Lipinski definition) is 3. The first kappa shape index (κ1) is 16.2. The Kier molecular flexibility index (Phi) is 6.49. The van der Waals surface area contributed by atoms with Crippen LogP contribution >= 0.6 is 28.7 Å². The largest absolute Gasteiger partial charge is 0.379 e. The van der Waals surface area contributed by atoms with Crippen LogP contribution in [0.5, 0.6) is 0 Å². The summed E-state index contributed by atoms with van der Waals surface area (Å²) < 4.78 is 0. The number of thioether (sulfide) groups is 1. The van der Waals surface area contributed by atoms with Crippen LogP contribution in [0.2, 0.25) is 0 Å². The molecule has 17 heavy (non-hydrogen) atoms. The van der Waals surface area contributed by atoms with Crippen molar-refractivity contribution in [3.8, 4) is 0 Å². The summed E-state index contributed by atoms with van der Waals surface area (Å²) in [5, 5.41) is 7.06. The van der Waals surface area contributed by atoms with E-state index < -0.39 is 0 Å². The van der Waals surface area contributed by atoms with Crippen LogP contribution in [-0.4, -0.2) is 16.7 Å². The highest BCUT2D eigenvalue weighted by atomic mass is 79.9. The Hall–Kier alpha value is -0.810. The van der Waals surface area contributed by atoms with Crippen LogP contribution in [0.15, 0.2) is 12.1 Å². The lowest BCUT2D eigenvalue weighted by Gasteiger charge is -2.09. The number of benzene rings is 1. The number of nitrogens with two attached hydrogens (primary N) is 1. The predicted molar refractivity (Wildman–Crippen MR) is 79.7 cm³/mol. The van der Waals surface area contributed by atoms with E-state index in [4.69, 9.17) is 11.1 Å². The Morgan fingerprint density at radius 3 is 2.18 bits per heavy atom. The molecule has 0 spiro atoms. The van der Waals surface area contributed by atoms with Crippen LogP contribution in [0.3, 0.4) is 0 Å². The van der Waals surface area contributed by atoms with E-state index in [0.717, 1.165) is 34.0 Å². The average Bonchev–Trinajstić information content (AvgIpc) is 2.12. The molecule has 0 aliphatic rings. The predicted octanol–water partition coefficient (Wildman–Crippen LogP) is 3.00. The molecule has 94 valence electrons. The molecule has 0 fully saturated rings. The molecule has 1 aromatic rings. The number of hydrogen-bond donors (Lipinski definition) is 2. The standard InChI is InChI=1S/C12H16N2OS.BrH/c1-7-4-8(2)11(9(3)5-7)10(15)6-16-12(13)14;/h4-5H,6H2,1-3H3,(H3,13,14);1H. The summed E-state index contributed by atoms with van der Waals surface area (Å²) in [5.74, 6) is 0.273. The molecule has 0 heterocycles. The van der Waals surface area contributed by atoms with E-state index in [0.29, 0.717) is 0 Å². The van der Waals surface area contributed by atoms with Gasteiger partial charge in [-0.25, -0.2) is 0 Å². The quantitative estimate of drug-likeness (QED) is 0.512. The van der Waals surface area contributed by atoms with Crippen molar-refractivity contribution in [2.24, 2.45) is 5.73 Å². The molecule has 0 aromatic heterocycles. The Morgan fingerprint density at radius 1 is 1.29 bits per heavy atom. The lowest BCUT2D eigenvalue weighted by molar-refractivity contribution is 0.102. The van der Waals surface area contributed by atoms with E-state index in [-0.39, 0.29) is 33.7 Å². The Bertz CT molecular complexity index is 423. The summed E-state index contributed by atoms with van der Waals surface area (Å²) in [4.78, 5) is 11.9. The van der Waals surface area contributed by atoms with Crippen molar-refractivity contribution in [1.29, 1.82) is 5.41 Å². The molecular weight excluding hydrogens is 300 g/mol. The third-order valence-corrected chi connectivity index (χ3v) is 3.03. The van der Waals surface area contributed by atoms with Gasteiger partial charge in [0.1, 0.15) is 0 Å². The Labute approximate surface area is 116 Å². The van der Waals surface area contributed by atoms with Gasteiger partial charge >= 0.3 is 0 Å². The first-order valence-electron chi connectivity index (χ1n) is 4.99. The monoisotopic (exact) mass is 316 g/mol. The van der Waals surface area contributed by atoms with E-state index in [9.17, 15) is 4.79 Å². The van der Waals surface area contributed by atoms with Crippen molar-refractivity contribution < 1.29 is 4.79 Å². The highest BCUT2D eigenvalue weighted by Gasteiger charge is 2.13. The highest BCUT2D eigenvalue weighted by molar-refractivity contribution is 8.93. The second kappa shape index (κ2) is 6.81. The van der Waals surface area contributed by atoms with Gasteiger partial charge in [-0.15, -0.1) is 17.0 Å². The summed E-state index contributed by atoms with van der Waals surface area (Å²) in [6.07, 6.45) is 0. The maximum Gasteiger partial charge on any atom is 0.173 e. The molecule has 3 nitrogen and oxygen atoms in total. The van der Waals surface area contributed by atoms with Crippen molar-refractivity contribution in [2.45, 2.75) is 20.8 Å². The normalized spacial score (nSPS) is 9.59. The molecule has 3 N–H and O–H groups in total. The number of ketones is 1. The minimum absolute atomic E-state index is 0. The molecule has 5 heteroatoms. The van der Waals surface area contributed by atoms with Gasteiger partial charge in [-0.2, -0.15) is 0 Å².